The van der Waals surface area contributed by atoms with E-state index in [1.165, 1.54) is 0 Å². The van der Waals surface area contributed by atoms with Crippen LogP contribution in [-0.4, -0.2) is 55.1 Å². The van der Waals surface area contributed by atoms with Crippen molar-refractivity contribution in [2.24, 2.45) is 5.41 Å². The molecule has 4 nitrogen and oxygen atoms in total. The molecule has 0 saturated carbocycles. The molecule has 0 aromatic rings. The number of likely N-dealkylation sites (N-methyl/N-ethyl adjacent to an activating group) is 2. The van der Waals surface area contributed by atoms with Gasteiger partial charge < -0.3 is 15.1 Å². The van der Waals surface area contributed by atoms with Crippen molar-refractivity contribution in [2.45, 2.75) is 33.7 Å². The summed E-state index contributed by atoms with van der Waals surface area (Å²) in [6.07, 6.45) is 0. The van der Waals surface area contributed by atoms with Crippen molar-refractivity contribution >= 4 is 6.03 Å². The lowest BCUT2D eigenvalue weighted by atomic mass is 9.86. The van der Waals surface area contributed by atoms with Crippen LogP contribution < -0.4 is 5.32 Å². The summed E-state index contributed by atoms with van der Waals surface area (Å²) in [6.45, 7) is 12.2. The van der Waals surface area contributed by atoms with E-state index in [1.807, 2.05) is 11.9 Å². The van der Waals surface area contributed by atoms with E-state index in [0.29, 0.717) is 6.04 Å². The van der Waals surface area contributed by atoms with Crippen LogP contribution in [0.15, 0.2) is 0 Å². The quantitative estimate of drug-likeness (QED) is 0.787. The lowest BCUT2D eigenvalue weighted by Gasteiger charge is -2.34. The topological polar surface area (TPSA) is 35.6 Å². The molecule has 1 aliphatic rings. The van der Waals surface area contributed by atoms with Crippen LogP contribution in [0.4, 0.5) is 4.79 Å². The second-order valence-electron chi connectivity index (χ2n) is 5.63. The molecule has 1 fully saturated rings. The first-order valence-electron chi connectivity index (χ1n) is 6.09. The smallest absolute Gasteiger partial charge is 0.319 e. The lowest BCUT2D eigenvalue weighted by molar-refractivity contribution is 0.175. The SMILES string of the molecule is CCNC(CN1CCN(C)C1=O)C(C)(C)C. The summed E-state index contributed by atoms with van der Waals surface area (Å²) >= 11 is 0. The maximum absolute atomic E-state index is 11.8. The minimum Gasteiger partial charge on any atom is -0.326 e. The van der Waals surface area contributed by atoms with E-state index < -0.39 is 0 Å². The Morgan fingerprint density at radius 3 is 2.38 bits per heavy atom. The predicted molar refractivity (Wildman–Crippen MR) is 66.5 cm³/mol. The number of carbonyl (C=O) groups excluding carboxylic acids is 1. The van der Waals surface area contributed by atoms with Crippen LogP contribution in [0.2, 0.25) is 0 Å². The van der Waals surface area contributed by atoms with Gasteiger partial charge in [0.2, 0.25) is 0 Å². The highest BCUT2D eigenvalue weighted by atomic mass is 16.2. The summed E-state index contributed by atoms with van der Waals surface area (Å²) in [4.78, 5) is 15.5. The first kappa shape index (κ1) is 13.3. The largest absolute Gasteiger partial charge is 0.326 e. The van der Waals surface area contributed by atoms with E-state index >= 15 is 0 Å². The van der Waals surface area contributed by atoms with Gasteiger partial charge >= 0.3 is 6.03 Å². The van der Waals surface area contributed by atoms with Crippen LogP contribution in [0.1, 0.15) is 27.7 Å². The Morgan fingerprint density at radius 1 is 1.38 bits per heavy atom. The Kier molecular flexibility index (Phi) is 4.19. The second-order valence-corrected chi connectivity index (χ2v) is 5.63. The number of rotatable bonds is 4. The summed E-state index contributed by atoms with van der Waals surface area (Å²) in [5, 5.41) is 3.47. The number of nitrogens with one attached hydrogen (secondary N) is 1. The van der Waals surface area contributed by atoms with Gasteiger partial charge in [0, 0.05) is 32.7 Å². The Hall–Kier alpha value is -0.770. The number of amides is 2. The van der Waals surface area contributed by atoms with Crippen molar-refractivity contribution < 1.29 is 4.79 Å². The average molecular weight is 227 g/mol. The molecule has 16 heavy (non-hydrogen) atoms. The number of carbonyl (C=O) groups is 1. The fraction of sp³-hybridized carbons (Fsp3) is 0.917. The first-order valence-corrected chi connectivity index (χ1v) is 6.09. The molecule has 1 saturated heterocycles. The zero-order valence-electron chi connectivity index (χ0n) is 11.2. The minimum atomic E-state index is 0.159. The monoisotopic (exact) mass is 227 g/mol. The molecule has 0 radical (unpaired) electrons. The molecule has 1 atom stereocenters. The van der Waals surface area contributed by atoms with Gasteiger partial charge in [-0.3, -0.25) is 0 Å². The third-order valence-corrected chi connectivity index (χ3v) is 3.20. The number of hydrogen-bond donors (Lipinski definition) is 1. The van der Waals surface area contributed by atoms with Gasteiger partial charge in [-0.05, 0) is 12.0 Å². The molecular weight excluding hydrogens is 202 g/mol. The standard InChI is InChI=1S/C12H25N3O/c1-6-13-10(12(2,3)4)9-15-8-7-14(5)11(15)16/h10,13H,6-9H2,1-5H3. The number of urea groups is 1. The van der Waals surface area contributed by atoms with E-state index in [2.05, 4.69) is 33.0 Å². The van der Waals surface area contributed by atoms with Crippen LogP contribution >= 0.6 is 0 Å². The highest BCUT2D eigenvalue weighted by Gasteiger charge is 2.31. The van der Waals surface area contributed by atoms with Gasteiger partial charge in [-0.2, -0.15) is 0 Å². The van der Waals surface area contributed by atoms with Crippen LogP contribution in [-0.2, 0) is 0 Å². The Labute approximate surface area is 99.0 Å². The summed E-state index contributed by atoms with van der Waals surface area (Å²) in [6, 6.07) is 0.514. The van der Waals surface area contributed by atoms with Gasteiger partial charge in [-0.15, -0.1) is 0 Å². The molecular formula is C12H25N3O. The molecule has 1 aliphatic heterocycles. The van der Waals surface area contributed by atoms with Crippen molar-refractivity contribution in [3.8, 4) is 0 Å². The zero-order chi connectivity index (χ0) is 12.3. The molecule has 1 rings (SSSR count). The van der Waals surface area contributed by atoms with Crippen molar-refractivity contribution in [2.75, 3.05) is 33.2 Å². The molecule has 4 heteroatoms. The summed E-state index contributed by atoms with van der Waals surface area (Å²) in [7, 11) is 1.86. The summed E-state index contributed by atoms with van der Waals surface area (Å²) in [5.74, 6) is 0. The van der Waals surface area contributed by atoms with Crippen molar-refractivity contribution in [3.63, 3.8) is 0 Å². The van der Waals surface area contributed by atoms with E-state index in [0.717, 1.165) is 26.2 Å². The maximum Gasteiger partial charge on any atom is 0.319 e. The fourth-order valence-electron chi connectivity index (χ4n) is 1.98. The van der Waals surface area contributed by atoms with Gasteiger partial charge in [-0.1, -0.05) is 27.7 Å². The molecule has 1 unspecified atom stereocenters. The predicted octanol–water partition coefficient (Wildman–Crippen LogP) is 1.38. The lowest BCUT2D eigenvalue weighted by Crippen LogP contribution is -2.49. The molecule has 0 aliphatic carbocycles. The Morgan fingerprint density at radius 2 is 2.00 bits per heavy atom. The van der Waals surface area contributed by atoms with Crippen molar-refractivity contribution in [3.05, 3.63) is 0 Å². The normalized spacial score (nSPS) is 19.4. The van der Waals surface area contributed by atoms with Crippen molar-refractivity contribution in [1.82, 2.24) is 15.1 Å². The van der Waals surface area contributed by atoms with E-state index in [9.17, 15) is 4.79 Å². The van der Waals surface area contributed by atoms with Gasteiger partial charge in [0.05, 0.1) is 0 Å². The fourth-order valence-corrected chi connectivity index (χ4v) is 1.98. The minimum absolute atomic E-state index is 0.159. The molecule has 0 aromatic heterocycles. The number of nitrogens with zero attached hydrogens (tertiary/aromatic N) is 2. The van der Waals surface area contributed by atoms with E-state index in [1.54, 1.807) is 4.90 Å². The second kappa shape index (κ2) is 5.04. The molecule has 1 N–H and O–H groups in total. The molecule has 2 amide bonds. The van der Waals surface area contributed by atoms with Gasteiger partial charge in [0.15, 0.2) is 0 Å². The third kappa shape index (κ3) is 3.11. The maximum atomic E-state index is 11.8. The van der Waals surface area contributed by atoms with Gasteiger partial charge in [0.25, 0.3) is 0 Å². The van der Waals surface area contributed by atoms with Crippen LogP contribution in [0, 0.1) is 5.41 Å². The van der Waals surface area contributed by atoms with Crippen LogP contribution in [0.3, 0.4) is 0 Å². The van der Waals surface area contributed by atoms with Gasteiger partial charge in [-0.25, -0.2) is 4.79 Å². The van der Waals surface area contributed by atoms with Crippen molar-refractivity contribution in [1.29, 1.82) is 0 Å². The first-order chi connectivity index (χ1) is 7.36. The average Bonchev–Trinajstić information content (AvgIpc) is 2.47. The van der Waals surface area contributed by atoms with E-state index in [4.69, 9.17) is 0 Å². The molecule has 0 aromatic carbocycles. The third-order valence-electron chi connectivity index (χ3n) is 3.20. The highest BCUT2D eigenvalue weighted by molar-refractivity contribution is 5.76. The highest BCUT2D eigenvalue weighted by Crippen LogP contribution is 2.21. The Bertz CT molecular complexity index is 247. The molecule has 94 valence electrons. The summed E-state index contributed by atoms with van der Waals surface area (Å²) < 4.78 is 0. The van der Waals surface area contributed by atoms with Crippen LogP contribution in [0.5, 0.6) is 0 Å². The Balaban J connectivity index is 2.59. The van der Waals surface area contributed by atoms with E-state index in [-0.39, 0.29) is 11.4 Å². The zero-order valence-corrected chi connectivity index (χ0v) is 11.2. The molecule has 1 heterocycles. The van der Waals surface area contributed by atoms with Crippen LogP contribution in [0.25, 0.3) is 0 Å². The molecule has 0 spiro atoms. The summed E-state index contributed by atoms with van der Waals surface area (Å²) in [5.41, 5.74) is 0.178. The molecule has 0 bridgehead atoms. The van der Waals surface area contributed by atoms with Gasteiger partial charge in [0.1, 0.15) is 0 Å². The number of hydrogen-bond acceptors (Lipinski definition) is 2.